The highest BCUT2D eigenvalue weighted by molar-refractivity contribution is 9.10. The van der Waals surface area contributed by atoms with Crippen molar-refractivity contribution in [3.05, 3.63) is 28.2 Å². The Bertz CT molecular complexity index is 663. The van der Waals surface area contributed by atoms with Crippen LogP contribution in [0.5, 0.6) is 0 Å². The molecule has 0 aliphatic carbocycles. The molecule has 1 atom stereocenters. The van der Waals surface area contributed by atoms with Crippen LogP contribution in [0.4, 0.5) is 10.5 Å². The predicted molar refractivity (Wildman–Crippen MR) is 78.5 cm³/mol. The SMILES string of the molecule is Nc1ccc(Br)cc1C(=O)N1CCC2(C1)NC(=O)NC2=O. The van der Waals surface area contributed by atoms with Gasteiger partial charge in [-0.05, 0) is 24.6 Å². The number of nitrogens with one attached hydrogen (secondary N) is 2. The summed E-state index contributed by atoms with van der Waals surface area (Å²) in [6.07, 6.45) is 0.393. The third kappa shape index (κ3) is 2.25. The molecule has 2 aliphatic rings. The zero-order chi connectivity index (χ0) is 15.2. The smallest absolute Gasteiger partial charge is 0.322 e. The number of carbonyl (C=O) groups is 3. The fourth-order valence-electron chi connectivity index (χ4n) is 2.68. The fourth-order valence-corrected chi connectivity index (χ4v) is 3.04. The van der Waals surface area contributed by atoms with Crippen LogP contribution in [-0.4, -0.2) is 41.4 Å². The first kappa shape index (κ1) is 13.9. The molecule has 4 amide bonds. The van der Waals surface area contributed by atoms with Crippen molar-refractivity contribution in [2.24, 2.45) is 0 Å². The zero-order valence-electron chi connectivity index (χ0n) is 11.0. The van der Waals surface area contributed by atoms with Gasteiger partial charge in [-0.2, -0.15) is 0 Å². The lowest BCUT2D eigenvalue weighted by atomic mass is 9.99. The highest BCUT2D eigenvalue weighted by atomic mass is 79.9. The molecule has 21 heavy (non-hydrogen) atoms. The van der Waals surface area contributed by atoms with Gasteiger partial charge in [0.25, 0.3) is 11.8 Å². The lowest BCUT2D eigenvalue weighted by Gasteiger charge is -2.21. The van der Waals surface area contributed by atoms with Crippen LogP contribution < -0.4 is 16.4 Å². The average molecular weight is 353 g/mol. The molecule has 1 aromatic rings. The van der Waals surface area contributed by atoms with Gasteiger partial charge in [0.15, 0.2) is 0 Å². The van der Waals surface area contributed by atoms with Crippen molar-refractivity contribution < 1.29 is 14.4 Å². The lowest BCUT2D eigenvalue weighted by molar-refractivity contribution is -0.123. The molecule has 3 rings (SSSR count). The molecular weight excluding hydrogens is 340 g/mol. The molecule has 2 fully saturated rings. The van der Waals surface area contributed by atoms with Crippen LogP contribution >= 0.6 is 15.9 Å². The molecule has 7 nitrogen and oxygen atoms in total. The van der Waals surface area contributed by atoms with Gasteiger partial charge in [0.1, 0.15) is 5.54 Å². The normalized spacial score (nSPS) is 24.3. The predicted octanol–water partition coefficient (Wildman–Crippen LogP) is 0.455. The van der Waals surface area contributed by atoms with Crippen LogP contribution in [0, 0.1) is 0 Å². The zero-order valence-corrected chi connectivity index (χ0v) is 12.6. The monoisotopic (exact) mass is 352 g/mol. The molecule has 8 heteroatoms. The Morgan fingerprint density at radius 3 is 2.81 bits per heavy atom. The van der Waals surface area contributed by atoms with E-state index in [-0.39, 0.29) is 18.4 Å². The number of hydrogen-bond donors (Lipinski definition) is 3. The minimum Gasteiger partial charge on any atom is -0.398 e. The van der Waals surface area contributed by atoms with Gasteiger partial charge in [0.05, 0.1) is 12.1 Å². The molecule has 1 unspecified atom stereocenters. The van der Waals surface area contributed by atoms with E-state index in [1.54, 1.807) is 18.2 Å². The molecule has 2 saturated heterocycles. The van der Waals surface area contributed by atoms with E-state index in [0.29, 0.717) is 24.2 Å². The molecule has 0 radical (unpaired) electrons. The van der Waals surface area contributed by atoms with Gasteiger partial charge in [-0.25, -0.2) is 4.79 Å². The van der Waals surface area contributed by atoms with Gasteiger partial charge in [-0.1, -0.05) is 15.9 Å². The number of urea groups is 1. The Morgan fingerprint density at radius 2 is 2.14 bits per heavy atom. The third-order valence-corrected chi connectivity index (χ3v) is 4.31. The summed E-state index contributed by atoms with van der Waals surface area (Å²) in [7, 11) is 0. The number of nitrogens with two attached hydrogens (primary N) is 1. The van der Waals surface area contributed by atoms with Crippen molar-refractivity contribution >= 4 is 39.5 Å². The van der Waals surface area contributed by atoms with Crippen molar-refractivity contribution in [2.45, 2.75) is 12.0 Å². The summed E-state index contributed by atoms with van der Waals surface area (Å²) in [5.74, 6) is -0.635. The molecule has 2 heterocycles. The lowest BCUT2D eigenvalue weighted by Crippen LogP contribution is -2.49. The highest BCUT2D eigenvalue weighted by Crippen LogP contribution is 2.28. The molecular formula is C13H13BrN4O3. The van der Waals surface area contributed by atoms with Gasteiger partial charge < -0.3 is 16.0 Å². The number of nitrogen functional groups attached to an aromatic ring is 1. The van der Waals surface area contributed by atoms with Crippen molar-refractivity contribution in [1.29, 1.82) is 0 Å². The molecule has 0 aromatic heterocycles. The first-order valence-corrected chi connectivity index (χ1v) is 7.18. The van der Waals surface area contributed by atoms with Crippen LogP contribution in [-0.2, 0) is 4.79 Å². The number of anilines is 1. The van der Waals surface area contributed by atoms with Gasteiger partial charge in [0.2, 0.25) is 0 Å². The van der Waals surface area contributed by atoms with E-state index < -0.39 is 11.6 Å². The number of halogens is 1. The Balaban J connectivity index is 1.83. The summed E-state index contributed by atoms with van der Waals surface area (Å²) in [4.78, 5) is 37.2. The number of hydrogen-bond acceptors (Lipinski definition) is 4. The Hall–Kier alpha value is -2.09. The molecule has 1 aromatic carbocycles. The fraction of sp³-hybridized carbons (Fsp3) is 0.308. The van der Waals surface area contributed by atoms with Crippen LogP contribution in [0.3, 0.4) is 0 Å². The Morgan fingerprint density at radius 1 is 1.38 bits per heavy atom. The molecule has 0 bridgehead atoms. The van der Waals surface area contributed by atoms with Gasteiger partial charge >= 0.3 is 6.03 Å². The highest BCUT2D eigenvalue weighted by Gasteiger charge is 2.51. The molecule has 1 spiro atoms. The van der Waals surface area contributed by atoms with Crippen molar-refractivity contribution in [2.75, 3.05) is 18.8 Å². The summed E-state index contributed by atoms with van der Waals surface area (Å²) in [6.45, 7) is 0.536. The van der Waals surface area contributed by atoms with E-state index in [4.69, 9.17) is 5.73 Å². The Labute approximate surface area is 129 Å². The second-order valence-corrected chi connectivity index (χ2v) is 6.11. The third-order valence-electron chi connectivity index (χ3n) is 3.82. The summed E-state index contributed by atoms with van der Waals surface area (Å²) in [5, 5.41) is 4.82. The minimum absolute atomic E-state index is 0.148. The number of imide groups is 1. The quantitative estimate of drug-likeness (QED) is 0.504. The topological polar surface area (TPSA) is 105 Å². The van der Waals surface area contributed by atoms with E-state index in [9.17, 15) is 14.4 Å². The van der Waals surface area contributed by atoms with Crippen LogP contribution in [0.1, 0.15) is 16.8 Å². The minimum atomic E-state index is -1.01. The molecule has 4 N–H and O–H groups in total. The van der Waals surface area contributed by atoms with E-state index in [0.717, 1.165) is 4.47 Å². The van der Waals surface area contributed by atoms with E-state index in [1.807, 2.05) is 0 Å². The first-order valence-electron chi connectivity index (χ1n) is 6.39. The van der Waals surface area contributed by atoms with Crippen molar-refractivity contribution in [1.82, 2.24) is 15.5 Å². The van der Waals surface area contributed by atoms with Gasteiger partial charge in [-0.15, -0.1) is 0 Å². The number of amides is 4. The second-order valence-electron chi connectivity index (χ2n) is 5.20. The van der Waals surface area contributed by atoms with E-state index in [2.05, 4.69) is 26.6 Å². The molecule has 2 aliphatic heterocycles. The summed E-state index contributed by atoms with van der Waals surface area (Å²) < 4.78 is 0.751. The van der Waals surface area contributed by atoms with Gasteiger partial charge in [0, 0.05) is 16.7 Å². The van der Waals surface area contributed by atoms with Crippen molar-refractivity contribution in [3.63, 3.8) is 0 Å². The summed E-state index contributed by atoms with van der Waals surface area (Å²) in [6, 6.07) is 4.53. The largest absolute Gasteiger partial charge is 0.398 e. The number of likely N-dealkylation sites (tertiary alicyclic amines) is 1. The Kier molecular flexibility index (Phi) is 3.12. The maximum Gasteiger partial charge on any atom is 0.322 e. The van der Waals surface area contributed by atoms with Crippen LogP contribution in [0.25, 0.3) is 0 Å². The van der Waals surface area contributed by atoms with E-state index >= 15 is 0 Å². The summed E-state index contributed by atoms with van der Waals surface area (Å²) >= 11 is 3.30. The van der Waals surface area contributed by atoms with Crippen LogP contribution in [0.2, 0.25) is 0 Å². The number of rotatable bonds is 1. The number of carbonyl (C=O) groups excluding carboxylic acids is 3. The number of nitrogens with zero attached hydrogens (tertiary/aromatic N) is 1. The maximum absolute atomic E-state index is 12.5. The summed E-state index contributed by atoms with van der Waals surface area (Å²) in [5.41, 5.74) is 5.59. The standard InChI is InChI=1S/C13H13BrN4O3/c14-7-1-2-9(15)8(5-7)10(19)18-4-3-13(6-18)11(20)16-12(21)17-13/h1-2,5H,3-4,6,15H2,(H2,16,17,20,21). The average Bonchev–Trinajstić information content (AvgIpc) is 2.97. The second kappa shape index (κ2) is 4.73. The van der Waals surface area contributed by atoms with Gasteiger partial charge in [-0.3, -0.25) is 14.9 Å². The maximum atomic E-state index is 12.5. The molecule has 0 saturated carbocycles. The first-order chi connectivity index (χ1) is 9.91. The molecule has 110 valence electrons. The van der Waals surface area contributed by atoms with Crippen LogP contribution in [0.15, 0.2) is 22.7 Å². The van der Waals surface area contributed by atoms with E-state index in [1.165, 1.54) is 4.90 Å². The number of benzene rings is 1. The van der Waals surface area contributed by atoms with Crippen molar-refractivity contribution in [3.8, 4) is 0 Å².